The molecule has 1 heterocycles. The fourth-order valence-corrected chi connectivity index (χ4v) is 3.82. The largest absolute Gasteiger partial charge is 0.347 e. The molecule has 26 heavy (non-hydrogen) atoms. The minimum absolute atomic E-state index is 0.0969. The van der Waals surface area contributed by atoms with Crippen molar-refractivity contribution in [1.82, 2.24) is 20.3 Å². The first kappa shape index (κ1) is 16.7. The SMILES string of the molecule is O=C(Cn1nnc2ccccc21)NC(c1ccc(F)cc1)C1CCCC1. The number of benzene rings is 2. The van der Waals surface area contributed by atoms with Crippen LogP contribution in [0.2, 0.25) is 0 Å². The third-order valence-electron chi connectivity index (χ3n) is 5.13. The van der Waals surface area contributed by atoms with Gasteiger partial charge in [-0.1, -0.05) is 42.3 Å². The van der Waals surface area contributed by atoms with Gasteiger partial charge in [-0.3, -0.25) is 4.79 Å². The van der Waals surface area contributed by atoms with E-state index in [9.17, 15) is 9.18 Å². The highest BCUT2D eigenvalue weighted by Crippen LogP contribution is 2.35. The van der Waals surface area contributed by atoms with Gasteiger partial charge in [0.1, 0.15) is 17.9 Å². The van der Waals surface area contributed by atoms with Crippen molar-refractivity contribution in [3.05, 3.63) is 59.9 Å². The van der Waals surface area contributed by atoms with E-state index in [0.717, 1.165) is 29.4 Å². The first-order chi connectivity index (χ1) is 12.7. The first-order valence-corrected chi connectivity index (χ1v) is 9.04. The van der Waals surface area contributed by atoms with Gasteiger partial charge >= 0.3 is 0 Å². The van der Waals surface area contributed by atoms with Crippen LogP contribution in [0.25, 0.3) is 11.0 Å². The van der Waals surface area contributed by atoms with Crippen LogP contribution in [0.5, 0.6) is 0 Å². The van der Waals surface area contributed by atoms with E-state index < -0.39 is 0 Å². The van der Waals surface area contributed by atoms with Crippen LogP contribution in [0.15, 0.2) is 48.5 Å². The highest BCUT2D eigenvalue weighted by molar-refractivity contribution is 5.80. The number of rotatable bonds is 5. The van der Waals surface area contributed by atoms with Crippen LogP contribution < -0.4 is 5.32 Å². The van der Waals surface area contributed by atoms with Crippen LogP contribution in [0, 0.1) is 11.7 Å². The number of aromatic nitrogens is 3. The average Bonchev–Trinajstić information content (AvgIpc) is 3.31. The molecule has 6 heteroatoms. The molecule has 1 amide bonds. The predicted octanol–water partition coefficient (Wildman–Crippen LogP) is 3.62. The van der Waals surface area contributed by atoms with Gasteiger partial charge in [-0.15, -0.1) is 5.10 Å². The Hall–Kier alpha value is -2.76. The van der Waals surface area contributed by atoms with Gasteiger partial charge in [-0.05, 0) is 48.6 Å². The summed E-state index contributed by atoms with van der Waals surface area (Å²) in [5.41, 5.74) is 2.56. The van der Waals surface area contributed by atoms with Crippen LogP contribution in [-0.4, -0.2) is 20.9 Å². The molecule has 0 radical (unpaired) electrons. The Morgan fingerprint density at radius 1 is 1.15 bits per heavy atom. The van der Waals surface area contributed by atoms with Gasteiger partial charge in [0.2, 0.25) is 5.91 Å². The molecule has 1 aromatic heterocycles. The average molecular weight is 352 g/mol. The smallest absolute Gasteiger partial charge is 0.242 e. The molecular formula is C20H21FN4O. The molecule has 0 aliphatic heterocycles. The van der Waals surface area contributed by atoms with E-state index in [0.29, 0.717) is 5.92 Å². The van der Waals surface area contributed by atoms with Gasteiger partial charge in [-0.2, -0.15) is 0 Å². The molecule has 134 valence electrons. The van der Waals surface area contributed by atoms with Gasteiger partial charge < -0.3 is 5.32 Å². The molecule has 1 N–H and O–H groups in total. The predicted molar refractivity (Wildman–Crippen MR) is 96.8 cm³/mol. The van der Waals surface area contributed by atoms with Crippen molar-refractivity contribution in [2.24, 2.45) is 5.92 Å². The lowest BCUT2D eigenvalue weighted by Crippen LogP contribution is -2.35. The van der Waals surface area contributed by atoms with E-state index in [1.165, 1.54) is 25.0 Å². The third kappa shape index (κ3) is 3.45. The number of carbonyl (C=O) groups excluding carboxylic acids is 1. The maximum Gasteiger partial charge on any atom is 0.242 e. The van der Waals surface area contributed by atoms with E-state index >= 15 is 0 Å². The quantitative estimate of drug-likeness (QED) is 0.763. The Morgan fingerprint density at radius 2 is 1.88 bits per heavy atom. The zero-order chi connectivity index (χ0) is 17.9. The summed E-state index contributed by atoms with van der Waals surface area (Å²) in [6.07, 6.45) is 4.50. The van der Waals surface area contributed by atoms with E-state index in [2.05, 4.69) is 15.6 Å². The van der Waals surface area contributed by atoms with Gasteiger partial charge in [0, 0.05) is 0 Å². The Bertz CT molecular complexity index is 900. The van der Waals surface area contributed by atoms with Crippen LogP contribution >= 0.6 is 0 Å². The third-order valence-corrected chi connectivity index (χ3v) is 5.13. The molecule has 1 unspecified atom stereocenters. The molecule has 1 aliphatic carbocycles. The Labute approximate surface area is 151 Å². The number of nitrogens with zero attached hydrogens (tertiary/aromatic N) is 3. The van der Waals surface area contributed by atoms with Crippen LogP contribution in [0.3, 0.4) is 0 Å². The molecule has 4 rings (SSSR count). The summed E-state index contributed by atoms with van der Waals surface area (Å²) in [6.45, 7) is 0.116. The molecule has 0 saturated heterocycles. The van der Waals surface area contributed by atoms with Crippen molar-refractivity contribution in [2.45, 2.75) is 38.3 Å². The second-order valence-corrected chi connectivity index (χ2v) is 6.88. The standard InChI is InChI=1S/C20H21FN4O/c21-16-11-9-15(10-12-16)20(14-5-1-2-6-14)22-19(26)13-25-18-8-4-3-7-17(18)23-24-25/h3-4,7-12,14,20H,1-2,5-6,13H2,(H,22,26). The second-order valence-electron chi connectivity index (χ2n) is 6.88. The summed E-state index contributed by atoms with van der Waals surface area (Å²) in [7, 11) is 0. The zero-order valence-corrected chi connectivity index (χ0v) is 14.4. The van der Waals surface area contributed by atoms with Crippen LogP contribution in [0.4, 0.5) is 4.39 Å². The monoisotopic (exact) mass is 352 g/mol. The summed E-state index contributed by atoms with van der Waals surface area (Å²) in [6, 6.07) is 13.9. The highest BCUT2D eigenvalue weighted by Gasteiger charge is 2.28. The summed E-state index contributed by atoms with van der Waals surface area (Å²) < 4.78 is 14.9. The number of fused-ring (bicyclic) bond motifs is 1. The van der Waals surface area contributed by atoms with Crippen LogP contribution in [0.1, 0.15) is 37.3 Å². The fraction of sp³-hybridized carbons (Fsp3) is 0.350. The molecule has 0 spiro atoms. The minimum atomic E-state index is -0.265. The lowest BCUT2D eigenvalue weighted by molar-refractivity contribution is -0.123. The maximum atomic E-state index is 13.3. The molecule has 1 aliphatic rings. The summed E-state index contributed by atoms with van der Waals surface area (Å²) in [5.74, 6) is 0.0121. The van der Waals surface area contributed by atoms with Crippen molar-refractivity contribution < 1.29 is 9.18 Å². The molecule has 1 fully saturated rings. The highest BCUT2D eigenvalue weighted by atomic mass is 19.1. The van der Waals surface area contributed by atoms with Gasteiger partial charge in [0.05, 0.1) is 11.6 Å². The lowest BCUT2D eigenvalue weighted by atomic mass is 9.91. The van der Waals surface area contributed by atoms with E-state index in [-0.39, 0.29) is 24.3 Å². The van der Waals surface area contributed by atoms with Gasteiger partial charge in [-0.25, -0.2) is 9.07 Å². The van der Waals surface area contributed by atoms with Gasteiger partial charge in [0.25, 0.3) is 0 Å². The number of hydrogen-bond donors (Lipinski definition) is 1. The number of para-hydroxylation sites is 1. The van der Waals surface area contributed by atoms with Gasteiger partial charge in [0.15, 0.2) is 0 Å². The Morgan fingerprint density at radius 3 is 2.65 bits per heavy atom. The Kier molecular flexibility index (Phi) is 4.65. The van der Waals surface area contributed by atoms with Crippen LogP contribution in [-0.2, 0) is 11.3 Å². The number of halogens is 1. The summed E-state index contributed by atoms with van der Waals surface area (Å²) in [4.78, 5) is 12.7. The van der Waals surface area contributed by atoms with Crippen molar-refractivity contribution >= 4 is 16.9 Å². The molecular weight excluding hydrogens is 331 g/mol. The van der Waals surface area contributed by atoms with Crippen molar-refractivity contribution in [3.8, 4) is 0 Å². The first-order valence-electron chi connectivity index (χ1n) is 9.04. The zero-order valence-electron chi connectivity index (χ0n) is 14.4. The molecule has 0 bridgehead atoms. The maximum absolute atomic E-state index is 13.3. The molecule has 5 nitrogen and oxygen atoms in total. The number of amides is 1. The van der Waals surface area contributed by atoms with Crippen molar-refractivity contribution in [1.29, 1.82) is 0 Å². The van der Waals surface area contributed by atoms with E-state index in [1.807, 2.05) is 24.3 Å². The molecule has 1 atom stereocenters. The second kappa shape index (κ2) is 7.23. The topological polar surface area (TPSA) is 59.8 Å². The van der Waals surface area contributed by atoms with E-state index in [1.54, 1.807) is 16.8 Å². The molecule has 3 aromatic rings. The molecule has 1 saturated carbocycles. The summed E-state index contributed by atoms with van der Waals surface area (Å²) >= 11 is 0. The number of carbonyl (C=O) groups is 1. The summed E-state index contributed by atoms with van der Waals surface area (Å²) in [5, 5.41) is 11.3. The minimum Gasteiger partial charge on any atom is -0.347 e. The van der Waals surface area contributed by atoms with E-state index in [4.69, 9.17) is 0 Å². The lowest BCUT2D eigenvalue weighted by Gasteiger charge is -2.25. The van der Waals surface area contributed by atoms with Crippen molar-refractivity contribution in [3.63, 3.8) is 0 Å². The van der Waals surface area contributed by atoms with Crippen molar-refractivity contribution in [2.75, 3.05) is 0 Å². The fourth-order valence-electron chi connectivity index (χ4n) is 3.82. The Balaban J connectivity index is 1.53. The number of hydrogen-bond acceptors (Lipinski definition) is 3. The normalized spacial score (nSPS) is 16.0. The molecule has 2 aromatic carbocycles. The number of nitrogens with one attached hydrogen (secondary N) is 1.